The number of ether oxygens (including phenoxy) is 2. The minimum Gasteiger partial charge on any atom is -0.454 e. The first-order valence-corrected chi connectivity index (χ1v) is 4.11. The highest BCUT2D eigenvalue weighted by Gasteiger charge is 2.16. The largest absolute Gasteiger partial charge is 0.454 e. The van der Waals surface area contributed by atoms with Gasteiger partial charge in [0.05, 0.1) is 6.20 Å². The van der Waals surface area contributed by atoms with Crippen LogP contribution in [0.25, 0.3) is 6.08 Å². The molecule has 0 saturated carbocycles. The summed E-state index contributed by atoms with van der Waals surface area (Å²) in [6.45, 7) is 0.118. The summed E-state index contributed by atoms with van der Waals surface area (Å²) < 4.78 is 10.2. The van der Waals surface area contributed by atoms with Crippen LogP contribution in [0.1, 0.15) is 5.56 Å². The summed E-state index contributed by atoms with van der Waals surface area (Å²) in [5, 5.41) is 5.37. The summed E-state index contributed by atoms with van der Waals surface area (Å²) in [5.74, 6) is 0.994. The molecule has 0 aromatic heterocycles. The molecule has 0 spiro atoms. The maximum atomic E-state index is 10.5. The Morgan fingerprint density at radius 2 is 1.93 bits per heavy atom. The van der Waals surface area contributed by atoms with Crippen molar-refractivity contribution in [3.63, 3.8) is 0 Å². The lowest BCUT2D eigenvalue weighted by Crippen LogP contribution is -1.92. The number of nitroso groups, excluding NO2 is 2. The molecule has 1 aromatic carbocycles. The molecule has 1 aromatic rings. The lowest BCUT2D eigenvalue weighted by Gasteiger charge is -1.99. The summed E-state index contributed by atoms with van der Waals surface area (Å²) in [6, 6.07) is 3.03. The van der Waals surface area contributed by atoms with Crippen molar-refractivity contribution in [3.8, 4) is 11.5 Å². The zero-order valence-corrected chi connectivity index (χ0v) is 7.54. The van der Waals surface area contributed by atoms with Crippen molar-refractivity contribution in [2.45, 2.75) is 0 Å². The van der Waals surface area contributed by atoms with Crippen LogP contribution in [-0.2, 0) is 0 Å². The molecule has 0 atom stereocenters. The molecule has 2 rings (SSSR count). The van der Waals surface area contributed by atoms with Gasteiger partial charge in [-0.1, -0.05) is 0 Å². The number of hydrogen-bond donors (Lipinski definition) is 0. The highest BCUT2D eigenvalue weighted by atomic mass is 16.7. The molecule has 6 nitrogen and oxygen atoms in total. The fourth-order valence-corrected chi connectivity index (χ4v) is 1.27. The molecule has 1 heterocycles. The minimum atomic E-state index is 0.118. The topological polar surface area (TPSA) is 77.3 Å². The Kier molecular flexibility index (Phi) is 2.40. The zero-order valence-electron chi connectivity index (χ0n) is 7.54. The van der Waals surface area contributed by atoms with Gasteiger partial charge >= 0.3 is 0 Å². The van der Waals surface area contributed by atoms with Gasteiger partial charge in [0.1, 0.15) is 5.69 Å². The van der Waals surface area contributed by atoms with Gasteiger partial charge in [0.2, 0.25) is 6.79 Å². The van der Waals surface area contributed by atoms with E-state index in [9.17, 15) is 9.81 Å². The van der Waals surface area contributed by atoms with E-state index >= 15 is 0 Å². The Hall–Kier alpha value is -2.24. The van der Waals surface area contributed by atoms with Crippen LogP contribution in [0.3, 0.4) is 0 Å². The molecule has 1 aliphatic heterocycles. The van der Waals surface area contributed by atoms with E-state index in [1.165, 1.54) is 12.1 Å². The van der Waals surface area contributed by atoms with E-state index in [0.717, 1.165) is 6.20 Å². The normalized spacial score (nSPS) is 13.1. The number of nitrogens with zero attached hydrogens (tertiary/aromatic N) is 2. The van der Waals surface area contributed by atoms with Crippen LogP contribution in [-0.4, -0.2) is 6.79 Å². The number of hydrogen-bond acceptors (Lipinski definition) is 6. The molecule has 0 amide bonds. The SMILES string of the molecule is O=N/C=C/c1cc2c(cc1N=O)OCO2. The molecule has 0 saturated heterocycles. The fraction of sp³-hybridized carbons (Fsp3) is 0.111. The third-order valence-electron chi connectivity index (χ3n) is 1.94. The molecule has 6 heteroatoms. The van der Waals surface area contributed by atoms with E-state index in [-0.39, 0.29) is 12.5 Å². The Morgan fingerprint density at radius 1 is 1.20 bits per heavy atom. The highest BCUT2D eigenvalue weighted by molar-refractivity contribution is 5.69. The van der Waals surface area contributed by atoms with Gasteiger partial charge < -0.3 is 9.47 Å². The first kappa shape index (κ1) is 9.32. The zero-order chi connectivity index (χ0) is 10.7. The molecule has 0 aliphatic carbocycles. The van der Waals surface area contributed by atoms with Crippen molar-refractivity contribution in [3.05, 3.63) is 33.7 Å². The monoisotopic (exact) mass is 206 g/mol. The summed E-state index contributed by atoms with van der Waals surface area (Å²) in [5.41, 5.74) is 0.646. The molecule has 0 fully saturated rings. The van der Waals surface area contributed by atoms with Crippen molar-refractivity contribution in [2.75, 3.05) is 6.79 Å². The van der Waals surface area contributed by atoms with E-state index in [1.807, 2.05) is 0 Å². The second kappa shape index (κ2) is 3.87. The van der Waals surface area contributed by atoms with Gasteiger partial charge in [0, 0.05) is 11.6 Å². The predicted octanol–water partition coefficient (Wildman–Crippen LogP) is 2.55. The fourth-order valence-electron chi connectivity index (χ4n) is 1.27. The molecule has 0 unspecified atom stereocenters. The summed E-state index contributed by atoms with van der Waals surface area (Å²) in [4.78, 5) is 20.4. The van der Waals surface area contributed by atoms with Crippen molar-refractivity contribution in [1.82, 2.24) is 0 Å². The number of fused-ring (bicyclic) bond motifs is 1. The van der Waals surface area contributed by atoms with Crippen molar-refractivity contribution in [1.29, 1.82) is 0 Å². The molecule has 0 bridgehead atoms. The van der Waals surface area contributed by atoms with Crippen LogP contribution in [0.15, 0.2) is 28.7 Å². The van der Waals surface area contributed by atoms with E-state index < -0.39 is 0 Å². The first-order chi connectivity index (χ1) is 7.35. The molecule has 0 N–H and O–H groups in total. The predicted molar refractivity (Wildman–Crippen MR) is 52.8 cm³/mol. The third kappa shape index (κ3) is 1.69. The average Bonchev–Trinajstić information content (AvgIpc) is 2.71. The second-order valence-electron chi connectivity index (χ2n) is 2.78. The van der Waals surface area contributed by atoms with Crippen LogP contribution >= 0.6 is 0 Å². The quantitative estimate of drug-likeness (QED) is 0.712. The smallest absolute Gasteiger partial charge is 0.231 e. The Labute approximate surface area is 84.4 Å². The van der Waals surface area contributed by atoms with Crippen LogP contribution in [0.5, 0.6) is 11.5 Å². The van der Waals surface area contributed by atoms with Gasteiger partial charge in [-0.25, -0.2) is 0 Å². The number of rotatable bonds is 3. The van der Waals surface area contributed by atoms with Gasteiger partial charge in [-0.2, -0.15) is 0 Å². The van der Waals surface area contributed by atoms with Crippen LogP contribution < -0.4 is 9.47 Å². The summed E-state index contributed by atoms with van der Waals surface area (Å²) in [7, 11) is 0. The second-order valence-corrected chi connectivity index (χ2v) is 2.78. The van der Waals surface area contributed by atoms with Crippen LogP contribution in [0, 0.1) is 9.81 Å². The maximum Gasteiger partial charge on any atom is 0.231 e. The van der Waals surface area contributed by atoms with E-state index in [2.05, 4.69) is 10.4 Å². The van der Waals surface area contributed by atoms with Crippen molar-refractivity contribution >= 4 is 11.8 Å². The lowest BCUT2D eigenvalue weighted by molar-refractivity contribution is 0.174. The lowest BCUT2D eigenvalue weighted by atomic mass is 10.1. The highest BCUT2D eigenvalue weighted by Crippen LogP contribution is 2.38. The maximum absolute atomic E-state index is 10.5. The Morgan fingerprint density at radius 3 is 2.60 bits per heavy atom. The van der Waals surface area contributed by atoms with Crippen LogP contribution in [0.2, 0.25) is 0 Å². The Balaban J connectivity index is 2.48. The van der Waals surface area contributed by atoms with Gasteiger partial charge in [0.25, 0.3) is 0 Å². The van der Waals surface area contributed by atoms with E-state index in [0.29, 0.717) is 17.1 Å². The standard InChI is InChI=1S/C9H6N2O4/c12-10-2-1-6-3-8-9(15-5-14-8)4-7(6)11-13/h1-4H,5H2/b2-1+. The van der Waals surface area contributed by atoms with Gasteiger partial charge in [0.15, 0.2) is 11.5 Å². The minimum absolute atomic E-state index is 0.118. The Bertz CT molecular complexity index is 442. The van der Waals surface area contributed by atoms with Crippen LogP contribution in [0.4, 0.5) is 5.69 Å². The third-order valence-corrected chi connectivity index (χ3v) is 1.94. The summed E-state index contributed by atoms with van der Waals surface area (Å²) >= 11 is 0. The molecular formula is C9H6N2O4. The first-order valence-electron chi connectivity index (χ1n) is 4.11. The number of benzene rings is 1. The van der Waals surface area contributed by atoms with E-state index in [1.54, 1.807) is 6.07 Å². The molecular weight excluding hydrogens is 200 g/mol. The van der Waals surface area contributed by atoms with Gasteiger partial charge in [-0.05, 0) is 22.5 Å². The molecule has 76 valence electrons. The van der Waals surface area contributed by atoms with Gasteiger partial charge in [-0.15, -0.1) is 9.81 Å². The molecule has 0 radical (unpaired) electrons. The molecule has 1 aliphatic rings. The average molecular weight is 206 g/mol. The van der Waals surface area contributed by atoms with Crippen molar-refractivity contribution < 1.29 is 9.47 Å². The van der Waals surface area contributed by atoms with Crippen molar-refractivity contribution in [2.24, 2.45) is 10.4 Å². The van der Waals surface area contributed by atoms with E-state index in [4.69, 9.17) is 9.47 Å². The summed E-state index contributed by atoms with van der Waals surface area (Å²) in [6.07, 6.45) is 2.41. The molecule has 15 heavy (non-hydrogen) atoms. The van der Waals surface area contributed by atoms with Gasteiger partial charge in [-0.3, -0.25) is 0 Å².